The number of hydrogen-bond donors (Lipinski definition) is 1. The van der Waals surface area contributed by atoms with Crippen LogP contribution >= 0.6 is 11.8 Å². The highest BCUT2D eigenvalue weighted by Crippen LogP contribution is 2.23. The van der Waals surface area contributed by atoms with E-state index in [4.69, 9.17) is 9.47 Å². The Labute approximate surface area is 180 Å². The van der Waals surface area contributed by atoms with Crippen LogP contribution in [-0.4, -0.2) is 30.7 Å². The lowest BCUT2D eigenvalue weighted by atomic mass is 10.1. The van der Waals surface area contributed by atoms with Gasteiger partial charge in [-0.15, -0.1) is 11.8 Å². The number of carbonyl (C=O) groups is 2. The number of hydrogen-bond acceptors (Lipinski definition) is 5. The van der Waals surface area contributed by atoms with Crippen molar-refractivity contribution < 1.29 is 19.1 Å². The van der Waals surface area contributed by atoms with Gasteiger partial charge in [0.25, 0.3) is 5.91 Å². The molecule has 0 atom stereocenters. The molecule has 0 saturated heterocycles. The molecule has 154 valence electrons. The van der Waals surface area contributed by atoms with Gasteiger partial charge < -0.3 is 14.8 Å². The number of para-hydroxylation sites is 1. The van der Waals surface area contributed by atoms with Gasteiger partial charge in [0, 0.05) is 16.1 Å². The number of anilines is 1. The standard InChI is InChI=1S/C24H23NO4S/c1-2-28-21-13-11-18(12-14-21)23(26)17-30-22-10-6-7-19(15-22)25-24(27)16-29-20-8-4-3-5-9-20/h3-15H,2,16-17H2,1H3,(H,25,27). The summed E-state index contributed by atoms with van der Waals surface area (Å²) in [6.45, 7) is 2.44. The van der Waals surface area contributed by atoms with E-state index in [9.17, 15) is 9.59 Å². The molecule has 0 heterocycles. The molecule has 1 N–H and O–H groups in total. The summed E-state index contributed by atoms with van der Waals surface area (Å²) >= 11 is 1.43. The van der Waals surface area contributed by atoms with Crippen molar-refractivity contribution in [3.8, 4) is 11.5 Å². The van der Waals surface area contributed by atoms with Crippen LogP contribution in [0.1, 0.15) is 17.3 Å². The fraction of sp³-hybridized carbons (Fsp3) is 0.167. The lowest BCUT2D eigenvalue weighted by molar-refractivity contribution is -0.118. The summed E-state index contributed by atoms with van der Waals surface area (Å²) in [6, 6.07) is 23.7. The number of ether oxygens (including phenoxy) is 2. The van der Waals surface area contributed by atoms with Crippen molar-refractivity contribution in [1.29, 1.82) is 0 Å². The van der Waals surface area contributed by atoms with Crippen LogP contribution in [0.3, 0.4) is 0 Å². The van der Waals surface area contributed by atoms with Crippen LogP contribution in [-0.2, 0) is 4.79 Å². The molecule has 30 heavy (non-hydrogen) atoms. The van der Waals surface area contributed by atoms with E-state index >= 15 is 0 Å². The van der Waals surface area contributed by atoms with Gasteiger partial charge in [0.05, 0.1) is 12.4 Å². The maximum Gasteiger partial charge on any atom is 0.262 e. The van der Waals surface area contributed by atoms with Crippen molar-refractivity contribution >= 4 is 29.1 Å². The lowest BCUT2D eigenvalue weighted by Gasteiger charge is -2.09. The number of amides is 1. The van der Waals surface area contributed by atoms with Crippen molar-refractivity contribution in [3.05, 3.63) is 84.4 Å². The summed E-state index contributed by atoms with van der Waals surface area (Å²) in [4.78, 5) is 25.4. The zero-order valence-corrected chi connectivity index (χ0v) is 17.5. The van der Waals surface area contributed by atoms with Gasteiger partial charge in [-0.1, -0.05) is 24.3 Å². The third-order valence-electron chi connectivity index (χ3n) is 4.09. The topological polar surface area (TPSA) is 64.6 Å². The van der Waals surface area contributed by atoms with Crippen molar-refractivity contribution in [2.75, 3.05) is 24.3 Å². The molecule has 3 aromatic rings. The van der Waals surface area contributed by atoms with Gasteiger partial charge >= 0.3 is 0 Å². The Hall–Kier alpha value is -3.25. The maximum atomic E-state index is 12.4. The average Bonchev–Trinajstić information content (AvgIpc) is 2.78. The summed E-state index contributed by atoms with van der Waals surface area (Å²) in [5.41, 5.74) is 1.31. The van der Waals surface area contributed by atoms with Crippen LogP contribution in [0.2, 0.25) is 0 Å². The molecule has 0 saturated carbocycles. The highest BCUT2D eigenvalue weighted by Gasteiger charge is 2.09. The van der Waals surface area contributed by atoms with E-state index in [0.29, 0.717) is 29.4 Å². The Morgan fingerprint density at radius 1 is 0.867 bits per heavy atom. The first-order valence-corrected chi connectivity index (χ1v) is 10.6. The largest absolute Gasteiger partial charge is 0.494 e. The van der Waals surface area contributed by atoms with Crippen molar-refractivity contribution in [2.24, 2.45) is 0 Å². The molecule has 0 aliphatic carbocycles. The Balaban J connectivity index is 1.49. The molecule has 0 aliphatic heterocycles. The van der Waals surface area contributed by atoms with Gasteiger partial charge in [0.15, 0.2) is 12.4 Å². The Morgan fingerprint density at radius 2 is 1.60 bits per heavy atom. The molecular formula is C24H23NO4S. The molecule has 0 radical (unpaired) electrons. The smallest absolute Gasteiger partial charge is 0.262 e. The van der Waals surface area contributed by atoms with Crippen molar-refractivity contribution in [1.82, 2.24) is 0 Å². The molecule has 3 aromatic carbocycles. The Kier molecular flexibility index (Phi) is 7.92. The van der Waals surface area contributed by atoms with Crippen LogP contribution in [0.15, 0.2) is 83.8 Å². The molecule has 0 spiro atoms. The van der Waals surface area contributed by atoms with Gasteiger partial charge in [-0.25, -0.2) is 0 Å². The minimum absolute atomic E-state index is 0.0359. The zero-order valence-electron chi connectivity index (χ0n) is 16.7. The molecule has 0 unspecified atom stereocenters. The van der Waals surface area contributed by atoms with Gasteiger partial charge in [-0.2, -0.15) is 0 Å². The highest BCUT2D eigenvalue weighted by molar-refractivity contribution is 8.00. The Morgan fingerprint density at radius 3 is 2.33 bits per heavy atom. The third kappa shape index (κ3) is 6.67. The summed E-state index contributed by atoms with van der Waals surface area (Å²) < 4.78 is 10.8. The molecule has 0 fully saturated rings. The molecule has 3 rings (SSSR count). The highest BCUT2D eigenvalue weighted by atomic mass is 32.2. The average molecular weight is 422 g/mol. The fourth-order valence-electron chi connectivity index (χ4n) is 2.66. The van der Waals surface area contributed by atoms with Gasteiger partial charge in [-0.05, 0) is 61.5 Å². The minimum Gasteiger partial charge on any atom is -0.494 e. The number of ketones is 1. The van der Waals surface area contributed by atoms with Gasteiger partial charge in [0.2, 0.25) is 0 Å². The number of benzene rings is 3. The van der Waals surface area contributed by atoms with Crippen LogP contribution in [0, 0.1) is 0 Å². The normalized spacial score (nSPS) is 10.3. The quantitative estimate of drug-likeness (QED) is 0.365. The number of Topliss-reactive ketones (excluding diaryl/α,β-unsaturated/α-hetero) is 1. The predicted molar refractivity (Wildman–Crippen MR) is 120 cm³/mol. The maximum absolute atomic E-state index is 12.4. The first-order valence-electron chi connectivity index (χ1n) is 9.60. The number of thioether (sulfide) groups is 1. The van der Waals surface area contributed by atoms with E-state index in [1.165, 1.54) is 11.8 Å². The minimum atomic E-state index is -0.244. The molecule has 5 nitrogen and oxygen atoms in total. The third-order valence-corrected chi connectivity index (χ3v) is 5.08. The fourth-order valence-corrected chi connectivity index (χ4v) is 3.51. The van der Waals surface area contributed by atoms with E-state index < -0.39 is 0 Å². The summed E-state index contributed by atoms with van der Waals surface area (Å²) in [6.07, 6.45) is 0. The van der Waals surface area contributed by atoms with Crippen LogP contribution in [0.5, 0.6) is 11.5 Å². The van der Waals surface area contributed by atoms with E-state index in [2.05, 4.69) is 5.32 Å². The van der Waals surface area contributed by atoms with Gasteiger partial charge in [0.1, 0.15) is 11.5 Å². The van der Waals surface area contributed by atoms with E-state index in [-0.39, 0.29) is 18.3 Å². The number of nitrogens with one attached hydrogen (secondary N) is 1. The second kappa shape index (κ2) is 11.1. The van der Waals surface area contributed by atoms with Crippen molar-refractivity contribution in [2.45, 2.75) is 11.8 Å². The van der Waals surface area contributed by atoms with Crippen LogP contribution in [0.25, 0.3) is 0 Å². The lowest BCUT2D eigenvalue weighted by Crippen LogP contribution is -2.20. The Bertz CT molecular complexity index is 974. The second-order valence-corrected chi connectivity index (χ2v) is 7.40. The summed E-state index contributed by atoms with van der Waals surface area (Å²) in [5.74, 6) is 1.49. The number of carbonyl (C=O) groups excluding carboxylic acids is 2. The summed E-state index contributed by atoms with van der Waals surface area (Å²) in [7, 11) is 0. The molecule has 0 aliphatic rings. The predicted octanol–water partition coefficient (Wildman–Crippen LogP) is 5.08. The molecular weight excluding hydrogens is 398 g/mol. The van der Waals surface area contributed by atoms with E-state index in [1.54, 1.807) is 42.5 Å². The SMILES string of the molecule is CCOc1ccc(C(=O)CSc2cccc(NC(=O)COc3ccccc3)c2)cc1. The first kappa shape index (κ1) is 21.5. The number of rotatable bonds is 10. The van der Waals surface area contributed by atoms with E-state index in [0.717, 1.165) is 10.6 Å². The monoisotopic (exact) mass is 421 g/mol. The zero-order chi connectivity index (χ0) is 21.2. The molecule has 1 amide bonds. The first-order chi connectivity index (χ1) is 14.6. The van der Waals surface area contributed by atoms with Crippen LogP contribution < -0.4 is 14.8 Å². The second-order valence-electron chi connectivity index (χ2n) is 6.35. The molecule has 6 heteroatoms. The van der Waals surface area contributed by atoms with Crippen LogP contribution in [0.4, 0.5) is 5.69 Å². The summed E-state index contributed by atoms with van der Waals surface area (Å²) in [5, 5.41) is 2.81. The van der Waals surface area contributed by atoms with E-state index in [1.807, 2.05) is 43.3 Å². The van der Waals surface area contributed by atoms with Gasteiger partial charge in [-0.3, -0.25) is 9.59 Å². The molecule has 0 aromatic heterocycles. The van der Waals surface area contributed by atoms with Crippen molar-refractivity contribution in [3.63, 3.8) is 0 Å². The molecule has 0 bridgehead atoms.